The van der Waals surface area contributed by atoms with Crippen LogP contribution in [0.25, 0.3) is 11.1 Å². The number of nitro benzene ring substituents is 2. The van der Waals surface area contributed by atoms with Crippen LogP contribution >= 0.6 is 0 Å². The number of ether oxygens (including phenoxy) is 1. The van der Waals surface area contributed by atoms with Crippen LogP contribution in [0.15, 0.2) is 36.4 Å². The van der Waals surface area contributed by atoms with Crippen molar-refractivity contribution in [2.75, 3.05) is 7.11 Å². The molecule has 0 saturated heterocycles. The summed E-state index contributed by atoms with van der Waals surface area (Å²) in [5, 5.41) is 23.2. The van der Waals surface area contributed by atoms with Crippen LogP contribution in [-0.4, -0.2) is 31.2 Å². The predicted octanol–water partition coefficient (Wildman–Crippen LogP) is 5.34. The molecule has 0 aliphatic heterocycles. The maximum Gasteiger partial charge on any atom is 0.338 e. The fraction of sp³-hybridized carbons (Fsp3) is 0.350. The second-order valence-corrected chi connectivity index (χ2v) is 13.0. The van der Waals surface area contributed by atoms with Crippen LogP contribution in [0.2, 0.25) is 18.1 Å². The molecule has 0 fully saturated rings. The molecule has 0 atom stereocenters. The zero-order valence-electron chi connectivity index (χ0n) is 17.7. The quantitative estimate of drug-likeness (QED) is 0.261. The first-order chi connectivity index (χ1) is 13.8. The summed E-state index contributed by atoms with van der Waals surface area (Å²) in [4.78, 5) is 33.5. The van der Waals surface area contributed by atoms with Crippen molar-refractivity contribution in [3.05, 3.63) is 62.2 Å². The third-order valence-electron chi connectivity index (χ3n) is 5.23. The Morgan fingerprint density at radius 2 is 1.43 bits per heavy atom. The maximum atomic E-state index is 11.8. The second-order valence-electron chi connectivity index (χ2n) is 8.28. The lowest BCUT2D eigenvalue weighted by Crippen LogP contribution is -2.43. The average molecular weight is 433 g/mol. The monoisotopic (exact) mass is 432 g/mol. The molecule has 0 aromatic heterocycles. The molecule has 0 aliphatic rings. The SMILES string of the molecule is COC(=O)c1cc([N+](=O)[O-])c(-c2ccc(O[Si](C)(C)C(C)(C)C)cc2)c([N+](=O)[O-])c1. The molecule has 0 unspecified atom stereocenters. The Balaban J connectivity index is 2.59. The minimum absolute atomic E-state index is 0.0209. The van der Waals surface area contributed by atoms with E-state index in [4.69, 9.17) is 4.43 Å². The van der Waals surface area contributed by atoms with Crippen molar-refractivity contribution in [1.29, 1.82) is 0 Å². The number of hydrogen-bond donors (Lipinski definition) is 0. The third kappa shape index (κ3) is 4.65. The smallest absolute Gasteiger partial charge is 0.338 e. The molecule has 0 N–H and O–H groups in total. The Hall–Kier alpha value is -3.27. The van der Waals surface area contributed by atoms with Gasteiger partial charge in [-0.05, 0) is 35.8 Å². The standard InChI is InChI=1S/C20H24N2O7Si/c1-20(2,3)30(5,6)29-15-9-7-13(8-10-15)18-16(21(24)25)11-14(19(23)28-4)12-17(18)22(26)27/h7-12H,1-6H3. The van der Waals surface area contributed by atoms with E-state index in [2.05, 4.69) is 38.6 Å². The van der Waals surface area contributed by atoms with Gasteiger partial charge < -0.3 is 9.16 Å². The predicted molar refractivity (Wildman–Crippen MR) is 114 cm³/mol. The molecule has 0 saturated carbocycles. The zero-order valence-corrected chi connectivity index (χ0v) is 18.7. The molecule has 0 bridgehead atoms. The summed E-state index contributed by atoms with van der Waals surface area (Å²) >= 11 is 0. The van der Waals surface area contributed by atoms with E-state index >= 15 is 0 Å². The van der Waals surface area contributed by atoms with Crippen LogP contribution < -0.4 is 4.43 Å². The number of hydrogen-bond acceptors (Lipinski definition) is 7. The highest BCUT2D eigenvalue weighted by Crippen LogP contribution is 2.41. The maximum absolute atomic E-state index is 11.8. The summed E-state index contributed by atoms with van der Waals surface area (Å²) in [5.41, 5.74) is -1.29. The Bertz CT molecular complexity index is 960. The van der Waals surface area contributed by atoms with Crippen LogP contribution in [0, 0.1) is 20.2 Å². The number of esters is 1. The summed E-state index contributed by atoms with van der Waals surface area (Å²) in [5.74, 6) is -0.312. The number of methoxy groups -OCH3 is 1. The summed E-state index contributed by atoms with van der Waals surface area (Å²) in [6.07, 6.45) is 0. The number of rotatable bonds is 6. The number of nitrogens with zero attached hydrogens (tertiary/aromatic N) is 2. The van der Waals surface area contributed by atoms with Gasteiger partial charge in [-0.3, -0.25) is 20.2 Å². The molecule has 0 amide bonds. The minimum Gasteiger partial charge on any atom is -0.544 e. The van der Waals surface area contributed by atoms with Crippen molar-refractivity contribution in [2.24, 2.45) is 0 Å². The molecule has 0 spiro atoms. The van der Waals surface area contributed by atoms with Crippen molar-refractivity contribution < 1.29 is 23.8 Å². The van der Waals surface area contributed by atoms with Crippen LogP contribution in [0.5, 0.6) is 5.75 Å². The lowest BCUT2D eigenvalue weighted by molar-refractivity contribution is -0.392. The zero-order chi connectivity index (χ0) is 22.9. The molecule has 10 heteroatoms. The van der Waals surface area contributed by atoms with Crippen LogP contribution in [0.3, 0.4) is 0 Å². The van der Waals surface area contributed by atoms with E-state index < -0.39 is 35.5 Å². The Morgan fingerprint density at radius 3 is 1.80 bits per heavy atom. The minimum atomic E-state index is -2.09. The summed E-state index contributed by atoms with van der Waals surface area (Å²) < 4.78 is 10.7. The second kappa shape index (κ2) is 8.23. The van der Waals surface area contributed by atoms with E-state index in [1.54, 1.807) is 12.1 Å². The molecule has 30 heavy (non-hydrogen) atoms. The Labute approximate surface area is 175 Å². The largest absolute Gasteiger partial charge is 0.544 e. The summed E-state index contributed by atoms with van der Waals surface area (Å²) in [6.45, 7) is 10.5. The van der Waals surface area contributed by atoms with Gasteiger partial charge >= 0.3 is 5.97 Å². The Kier molecular flexibility index (Phi) is 6.31. The lowest BCUT2D eigenvalue weighted by atomic mass is 9.99. The highest BCUT2D eigenvalue weighted by atomic mass is 28.4. The van der Waals surface area contributed by atoms with Gasteiger partial charge in [0, 0.05) is 12.1 Å². The number of carbonyl (C=O) groups is 1. The van der Waals surface area contributed by atoms with Gasteiger partial charge in [0.1, 0.15) is 11.3 Å². The first-order valence-corrected chi connectivity index (χ1v) is 12.0. The molecule has 2 rings (SSSR count). The van der Waals surface area contributed by atoms with Gasteiger partial charge in [0.25, 0.3) is 11.4 Å². The molecule has 0 heterocycles. The molecule has 2 aromatic rings. The normalized spacial score (nSPS) is 11.7. The van der Waals surface area contributed by atoms with E-state index in [0.717, 1.165) is 19.2 Å². The molecule has 160 valence electrons. The van der Waals surface area contributed by atoms with Crippen molar-refractivity contribution >= 4 is 25.7 Å². The fourth-order valence-corrected chi connectivity index (χ4v) is 3.60. The van der Waals surface area contributed by atoms with Crippen molar-refractivity contribution in [2.45, 2.75) is 38.9 Å². The average Bonchev–Trinajstić information content (AvgIpc) is 2.65. The van der Waals surface area contributed by atoms with Crippen LogP contribution in [0.4, 0.5) is 11.4 Å². The van der Waals surface area contributed by atoms with E-state index in [0.29, 0.717) is 5.75 Å². The van der Waals surface area contributed by atoms with Crippen molar-refractivity contribution in [1.82, 2.24) is 0 Å². The van der Waals surface area contributed by atoms with E-state index in [1.165, 1.54) is 12.1 Å². The first-order valence-electron chi connectivity index (χ1n) is 9.13. The van der Waals surface area contributed by atoms with Gasteiger partial charge in [0.15, 0.2) is 0 Å². The number of carbonyl (C=O) groups excluding carboxylic acids is 1. The summed E-state index contributed by atoms with van der Waals surface area (Å²) in [7, 11) is -1.000. The van der Waals surface area contributed by atoms with E-state index in [-0.39, 0.29) is 21.7 Å². The summed E-state index contributed by atoms with van der Waals surface area (Å²) in [6, 6.07) is 8.31. The van der Waals surface area contributed by atoms with Crippen LogP contribution in [-0.2, 0) is 4.74 Å². The van der Waals surface area contributed by atoms with Gasteiger partial charge in [-0.2, -0.15) is 0 Å². The molecule has 9 nitrogen and oxygen atoms in total. The third-order valence-corrected chi connectivity index (χ3v) is 9.59. The van der Waals surface area contributed by atoms with Gasteiger partial charge in [0.2, 0.25) is 8.32 Å². The number of nitro groups is 2. The highest BCUT2D eigenvalue weighted by Gasteiger charge is 2.39. The lowest BCUT2D eigenvalue weighted by Gasteiger charge is -2.36. The highest BCUT2D eigenvalue weighted by molar-refractivity contribution is 6.74. The Morgan fingerprint density at radius 1 is 0.967 bits per heavy atom. The molecular formula is C20H24N2O7Si. The molecule has 0 radical (unpaired) electrons. The van der Waals surface area contributed by atoms with Gasteiger partial charge in [-0.1, -0.05) is 32.9 Å². The molecule has 0 aliphatic carbocycles. The van der Waals surface area contributed by atoms with Crippen LogP contribution in [0.1, 0.15) is 31.1 Å². The van der Waals surface area contributed by atoms with Gasteiger partial charge in [-0.25, -0.2) is 4.79 Å². The van der Waals surface area contributed by atoms with Gasteiger partial charge in [0.05, 0.1) is 22.5 Å². The molecule has 2 aromatic carbocycles. The van der Waals surface area contributed by atoms with Crippen molar-refractivity contribution in [3.63, 3.8) is 0 Å². The number of benzene rings is 2. The van der Waals surface area contributed by atoms with Crippen molar-refractivity contribution in [3.8, 4) is 16.9 Å². The molecular weight excluding hydrogens is 408 g/mol. The van der Waals surface area contributed by atoms with Gasteiger partial charge in [-0.15, -0.1) is 0 Å². The van der Waals surface area contributed by atoms with E-state index in [1.807, 2.05) is 0 Å². The topological polar surface area (TPSA) is 122 Å². The fourth-order valence-electron chi connectivity index (χ4n) is 2.57. The van der Waals surface area contributed by atoms with E-state index in [9.17, 15) is 25.0 Å². The first kappa shape index (κ1) is 23.0.